The van der Waals surface area contributed by atoms with Crippen molar-refractivity contribution in [3.63, 3.8) is 0 Å². The Bertz CT molecular complexity index is 154. The molecule has 0 saturated heterocycles. The Morgan fingerprint density at radius 2 is 2.08 bits per heavy atom. The first-order chi connectivity index (χ1) is 5.37. The third-order valence-electron chi connectivity index (χ3n) is 1.37. The molecule has 4 heteroatoms. The standard InChI is InChI=1S/C8H15F2NS/c1-7(5-12-4)11(3)6-8(2,9)10/h1,5-6H2,2-4H3. The van der Waals surface area contributed by atoms with E-state index in [0.29, 0.717) is 5.75 Å². The summed E-state index contributed by atoms with van der Waals surface area (Å²) in [7, 11) is 1.63. The molecule has 0 radical (unpaired) electrons. The van der Waals surface area contributed by atoms with E-state index >= 15 is 0 Å². The van der Waals surface area contributed by atoms with Gasteiger partial charge >= 0.3 is 0 Å². The van der Waals surface area contributed by atoms with Crippen molar-refractivity contribution in [2.75, 3.05) is 25.6 Å². The van der Waals surface area contributed by atoms with Crippen LogP contribution in [-0.4, -0.2) is 36.4 Å². The Morgan fingerprint density at radius 1 is 1.58 bits per heavy atom. The lowest BCUT2D eigenvalue weighted by Gasteiger charge is -2.24. The van der Waals surface area contributed by atoms with Gasteiger partial charge in [-0.2, -0.15) is 11.8 Å². The van der Waals surface area contributed by atoms with E-state index in [9.17, 15) is 8.78 Å². The van der Waals surface area contributed by atoms with Gasteiger partial charge in [-0.3, -0.25) is 0 Å². The number of rotatable bonds is 5. The van der Waals surface area contributed by atoms with Crippen LogP contribution in [0.3, 0.4) is 0 Å². The van der Waals surface area contributed by atoms with Crippen molar-refractivity contribution in [2.45, 2.75) is 12.8 Å². The number of alkyl halides is 2. The molecule has 0 spiro atoms. The van der Waals surface area contributed by atoms with E-state index in [1.54, 1.807) is 18.8 Å². The van der Waals surface area contributed by atoms with E-state index in [2.05, 4.69) is 6.58 Å². The molecule has 0 unspecified atom stereocenters. The summed E-state index contributed by atoms with van der Waals surface area (Å²) in [4.78, 5) is 1.50. The normalized spacial score (nSPS) is 11.4. The quantitative estimate of drug-likeness (QED) is 0.663. The van der Waals surface area contributed by atoms with Gasteiger partial charge in [-0.15, -0.1) is 0 Å². The molecule has 0 bridgehead atoms. The molecule has 0 aromatic carbocycles. The molecule has 0 amide bonds. The molecule has 0 N–H and O–H groups in total. The minimum Gasteiger partial charge on any atom is -0.372 e. The SMILES string of the molecule is C=C(CSC)N(C)CC(C)(F)F. The van der Waals surface area contributed by atoms with E-state index in [1.165, 1.54) is 4.90 Å². The smallest absolute Gasteiger partial charge is 0.262 e. The molecule has 0 aliphatic rings. The van der Waals surface area contributed by atoms with Crippen LogP contribution in [0, 0.1) is 0 Å². The fourth-order valence-electron chi connectivity index (χ4n) is 0.805. The first-order valence-electron chi connectivity index (χ1n) is 3.62. The topological polar surface area (TPSA) is 3.24 Å². The van der Waals surface area contributed by atoms with Gasteiger partial charge < -0.3 is 4.90 Å². The van der Waals surface area contributed by atoms with Crippen LogP contribution in [0.2, 0.25) is 0 Å². The van der Waals surface area contributed by atoms with Crippen LogP contribution in [0.25, 0.3) is 0 Å². The van der Waals surface area contributed by atoms with Gasteiger partial charge in [0, 0.05) is 25.4 Å². The first kappa shape index (κ1) is 11.8. The highest BCUT2D eigenvalue weighted by molar-refractivity contribution is 7.98. The molecule has 72 valence electrons. The van der Waals surface area contributed by atoms with Gasteiger partial charge in [0.25, 0.3) is 5.92 Å². The average molecular weight is 195 g/mol. The van der Waals surface area contributed by atoms with Crippen LogP contribution in [0.4, 0.5) is 8.78 Å². The van der Waals surface area contributed by atoms with Gasteiger partial charge in [-0.25, -0.2) is 8.78 Å². The van der Waals surface area contributed by atoms with Crippen LogP contribution in [0.15, 0.2) is 12.3 Å². The maximum Gasteiger partial charge on any atom is 0.262 e. The minimum absolute atomic E-state index is 0.258. The summed E-state index contributed by atoms with van der Waals surface area (Å²) in [6.07, 6.45) is 1.92. The van der Waals surface area contributed by atoms with Crippen LogP contribution in [-0.2, 0) is 0 Å². The van der Waals surface area contributed by atoms with Gasteiger partial charge in [-0.05, 0) is 6.26 Å². The van der Waals surface area contributed by atoms with E-state index in [1.807, 2.05) is 6.26 Å². The van der Waals surface area contributed by atoms with Crippen LogP contribution >= 0.6 is 11.8 Å². The van der Waals surface area contributed by atoms with Gasteiger partial charge in [-0.1, -0.05) is 6.58 Å². The Kier molecular flexibility index (Phi) is 4.60. The van der Waals surface area contributed by atoms with Gasteiger partial charge in [0.05, 0.1) is 6.54 Å². The number of thioether (sulfide) groups is 1. The molecule has 0 rings (SSSR count). The second-order valence-electron chi connectivity index (χ2n) is 2.93. The second-order valence-corrected chi connectivity index (χ2v) is 3.79. The summed E-state index contributed by atoms with van der Waals surface area (Å²) in [6.45, 7) is 4.36. The van der Waals surface area contributed by atoms with Crippen LogP contribution in [0.1, 0.15) is 6.92 Å². The van der Waals surface area contributed by atoms with E-state index in [-0.39, 0.29) is 6.54 Å². The monoisotopic (exact) mass is 195 g/mol. The molecule has 0 aromatic heterocycles. The number of hydrogen-bond acceptors (Lipinski definition) is 2. The third kappa shape index (κ3) is 5.41. The molecular weight excluding hydrogens is 180 g/mol. The zero-order chi connectivity index (χ0) is 9.78. The van der Waals surface area contributed by atoms with Crippen molar-refractivity contribution in [3.8, 4) is 0 Å². The van der Waals surface area contributed by atoms with E-state index < -0.39 is 5.92 Å². The summed E-state index contributed by atoms with van der Waals surface area (Å²) in [6, 6.07) is 0. The Morgan fingerprint density at radius 3 is 2.42 bits per heavy atom. The summed E-state index contributed by atoms with van der Waals surface area (Å²) < 4.78 is 25.0. The highest BCUT2D eigenvalue weighted by Crippen LogP contribution is 2.16. The first-order valence-corrected chi connectivity index (χ1v) is 5.02. The molecule has 0 aliphatic carbocycles. The van der Waals surface area contributed by atoms with E-state index in [4.69, 9.17) is 0 Å². The highest BCUT2D eigenvalue weighted by Gasteiger charge is 2.23. The lowest BCUT2D eigenvalue weighted by atomic mass is 10.3. The zero-order valence-electron chi connectivity index (χ0n) is 7.73. The number of nitrogens with zero attached hydrogens (tertiary/aromatic N) is 1. The largest absolute Gasteiger partial charge is 0.372 e. The lowest BCUT2D eigenvalue weighted by molar-refractivity contribution is -0.000362. The summed E-state index contributed by atoms with van der Waals surface area (Å²) in [5.41, 5.74) is 0.740. The fourth-order valence-corrected chi connectivity index (χ4v) is 1.36. The molecule has 0 aromatic rings. The minimum atomic E-state index is -2.64. The average Bonchev–Trinajstić information content (AvgIpc) is 1.84. The predicted molar refractivity (Wildman–Crippen MR) is 50.8 cm³/mol. The fraction of sp³-hybridized carbons (Fsp3) is 0.750. The van der Waals surface area contributed by atoms with Crippen LogP contribution in [0.5, 0.6) is 0 Å². The van der Waals surface area contributed by atoms with E-state index in [0.717, 1.165) is 12.6 Å². The molecule has 0 atom stereocenters. The molecule has 1 nitrogen and oxygen atoms in total. The molecule has 0 aliphatic heterocycles. The summed E-state index contributed by atoms with van der Waals surface area (Å²) >= 11 is 1.58. The summed E-state index contributed by atoms with van der Waals surface area (Å²) in [5, 5.41) is 0. The molecule has 0 fully saturated rings. The lowest BCUT2D eigenvalue weighted by Crippen LogP contribution is -2.31. The van der Waals surface area contributed by atoms with Crippen molar-refractivity contribution >= 4 is 11.8 Å². The Balaban J connectivity index is 3.87. The zero-order valence-corrected chi connectivity index (χ0v) is 8.55. The molecule has 0 saturated carbocycles. The molecule has 12 heavy (non-hydrogen) atoms. The maximum atomic E-state index is 12.5. The van der Waals surface area contributed by atoms with Crippen molar-refractivity contribution < 1.29 is 8.78 Å². The maximum absolute atomic E-state index is 12.5. The Hall–Kier alpha value is -0.250. The van der Waals surface area contributed by atoms with Crippen molar-refractivity contribution in [3.05, 3.63) is 12.3 Å². The molecular formula is C8H15F2NS. The highest BCUT2D eigenvalue weighted by atomic mass is 32.2. The Labute approximate surface area is 76.8 Å². The third-order valence-corrected chi connectivity index (χ3v) is 1.99. The number of halogens is 2. The van der Waals surface area contributed by atoms with Crippen molar-refractivity contribution in [2.24, 2.45) is 0 Å². The summed E-state index contributed by atoms with van der Waals surface area (Å²) in [5.74, 6) is -1.94. The van der Waals surface area contributed by atoms with Crippen LogP contribution < -0.4 is 0 Å². The van der Waals surface area contributed by atoms with Crippen molar-refractivity contribution in [1.29, 1.82) is 0 Å². The van der Waals surface area contributed by atoms with Crippen molar-refractivity contribution in [1.82, 2.24) is 4.90 Å². The number of hydrogen-bond donors (Lipinski definition) is 0. The predicted octanol–water partition coefficient (Wildman–Crippen LogP) is 2.45. The van der Waals surface area contributed by atoms with Gasteiger partial charge in [0.15, 0.2) is 0 Å². The van der Waals surface area contributed by atoms with Gasteiger partial charge in [0.1, 0.15) is 0 Å². The second kappa shape index (κ2) is 4.70. The molecule has 0 heterocycles. The van der Waals surface area contributed by atoms with Gasteiger partial charge in [0.2, 0.25) is 0 Å².